The van der Waals surface area contributed by atoms with Gasteiger partial charge in [0.05, 0.1) is 0 Å². The van der Waals surface area contributed by atoms with Crippen LogP contribution in [-0.4, -0.2) is 36.3 Å². The zero-order valence-corrected chi connectivity index (χ0v) is 9.88. The number of hydrogen-bond donors (Lipinski definition) is 1. The fraction of sp³-hybridized carbons (Fsp3) is 0.667. The number of nitrogens with zero attached hydrogens (tertiary/aromatic N) is 1. The molecule has 1 unspecified atom stereocenters. The van der Waals surface area contributed by atoms with E-state index >= 15 is 0 Å². The second-order valence-electron chi connectivity index (χ2n) is 4.66. The van der Waals surface area contributed by atoms with E-state index in [1.165, 1.54) is 4.90 Å². The van der Waals surface area contributed by atoms with Crippen molar-refractivity contribution in [3.05, 3.63) is 11.1 Å². The van der Waals surface area contributed by atoms with Gasteiger partial charge in [-0.2, -0.15) is 0 Å². The summed E-state index contributed by atoms with van der Waals surface area (Å²) in [5.74, 6) is 0.406. The van der Waals surface area contributed by atoms with Gasteiger partial charge in [0.25, 0.3) is 11.8 Å². The fourth-order valence-electron chi connectivity index (χ4n) is 2.29. The zero-order valence-electron chi connectivity index (χ0n) is 9.88. The summed E-state index contributed by atoms with van der Waals surface area (Å²) in [6, 6.07) is 0. The SMILES string of the molecule is CC1=C(C)C(=O)N(CCC2CCNC2)C1=O. The third kappa shape index (κ3) is 1.89. The van der Waals surface area contributed by atoms with Gasteiger partial charge >= 0.3 is 0 Å². The van der Waals surface area contributed by atoms with Gasteiger partial charge < -0.3 is 5.32 Å². The van der Waals surface area contributed by atoms with Gasteiger partial charge in [-0.15, -0.1) is 0 Å². The summed E-state index contributed by atoms with van der Waals surface area (Å²) in [5.41, 5.74) is 1.21. The van der Waals surface area contributed by atoms with E-state index in [1.807, 2.05) is 0 Å². The van der Waals surface area contributed by atoms with Gasteiger partial charge in [-0.25, -0.2) is 0 Å². The summed E-state index contributed by atoms with van der Waals surface area (Å²) in [4.78, 5) is 24.9. The predicted octanol–water partition coefficient (Wildman–Crippen LogP) is 0.691. The lowest BCUT2D eigenvalue weighted by Crippen LogP contribution is -2.33. The molecule has 0 radical (unpaired) electrons. The molecule has 1 atom stereocenters. The Labute approximate surface area is 95.7 Å². The van der Waals surface area contributed by atoms with Crippen molar-refractivity contribution in [3.8, 4) is 0 Å². The summed E-state index contributed by atoms with van der Waals surface area (Å²) in [6.07, 6.45) is 2.08. The van der Waals surface area contributed by atoms with E-state index in [0.717, 1.165) is 25.9 Å². The first-order chi connectivity index (χ1) is 7.61. The van der Waals surface area contributed by atoms with Crippen LogP contribution in [0.1, 0.15) is 26.7 Å². The number of rotatable bonds is 3. The molecule has 16 heavy (non-hydrogen) atoms. The van der Waals surface area contributed by atoms with Crippen LogP contribution in [0, 0.1) is 5.92 Å². The number of amides is 2. The molecule has 2 aliphatic rings. The molecule has 88 valence electrons. The van der Waals surface area contributed by atoms with E-state index in [4.69, 9.17) is 0 Å². The van der Waals surface area contributed by atoms with Crippen LogP contribution in [0.2, 0.25) is 0 Å². The zero-order chi connectivity index (χ0) is 11.7. The van der Waals surface area contributed by atoms with E-state index < -0.39 is 0 Å². The molecule has 2 amide bonds. The molecule has 2 aliphatic heterocycles. The molecule has 0 aromatic rings. The number of nitrogens with one attached hydrogen (secondary N) is 1. The lowest BCUT2D eigenvalue weighted by Gasteiger charge is -2.16. The topological polar surface area (TPSA) is 49.4 Å². The second kappa shape index (κ2) is 4.37. The molecule has 0 aromatic heterocycles. The van der Waals surface area contributed by atoms with Crippen molar-refractivity contribution in [2.75, 3.05) is 19.6 Å². The molecular formula is C12H18N2O2. The van der Waals surface area contributed by atoms with Crippen LogP contribution in [0.15, 0.2) is 11.1 Å². The van der Waals surface area contributed by atoms with Crippen molar-refractivity contribution >= 4 is 11.8 Å². The summed E-state index contributed by atoms with van der Waals surface area (Å²) in [7, 11) is 0. The highest BCUT2D eigenvalue weighted by Crippen LogP contribution is 2.21. The van der Waals surface area contributed by atoms with E-state index in [0.29, 0.717) is 23.6 Å². The predicted molar refractivity (Wildman–Crippen MR) is 60.7 cm³/mol. The number of imide groups is 1. The van der Waals surface area contributed by atoms with Gasteiger partial charge in [-0.1, -0.05) is 0 Å². The summed E-state index contributed by atoms with van der Waals surface area (Å²) in [6.45, 7) is 6.10. The maximum absolute atomic E-state index is 11.8. The molecular weight excluding hydrogens is 204 g/mol. The monoisotopic (exact) mass is 222 g/mol. The lowest BCUT2D eigenvalue weighted by molar-refractivity contribution is -0.137. The molecule has 0 spiro atoms. The average Bonchev–Trinajstić information content (AvgIpc) is 2.84. The van der Waals surface area contributed by atoms with E-state index in [2.05, 4.69) is 5.32 Å². The fourth-order valence-corrected chi connectivity index (χ4v) is 2.29. The van der Waals surface area contributed by atoms with Crippen LogP contribution in [0.25, 0.3) is 0 Å². The smallest absolute Gasteiger partial charge is 0.256 e. The number of carbonyl (C=O) groups is 2. The van der Waals surface area contributed by atoms with Crippen molar-refractivity contribution in [1.29, 1.82) is 0 Å². The van der Waals surface area contributed by atoms with Crippen molar-refractivity contribution in [1.82, 2.24) is 10.2 Å². The minimum absolute atomic E-state index is 0.103. The van der Waals surface area contributed by atoms with Crippen molar-refractivity contribution in [2.45, 2.75) is 26.7 Å². The molecule has 1 N–H and O–H groups in total. The Kier molecular flexibility index (Phi) is 3.10. The van der Waals surface area contributed by atoms with Crippen LogP contribution < -0.4 is 5.32 Å². The van der Waals surface area contributed by atoms with Gasteiger partial charge in [0.15, 0.2) is 0 Å². The van der Waals surface area contributed by atoms with Crippen LogP contribution in [0.3, 0.4) is 0 Å². The van der Waals surface area contributed by atoms with E-state index in [-0.39, 0.29) is 11.8 Å². The Morgan fingerprint density at radius 3 is 2.38 bits per heavy atom. The van der Waals surface area contributed by atoms with Crippen LogP contribution in [0.4, 0.5) is 0 Å². The van der Waals surface area contributed by atoms with E-state index in [9.17, 15) is 9.59 Å². The van der Waals surface area contributed by atoms with Gasteiger partial charge in [-0.05, 0) is 45.7 Å². The first-order valence-electron chi connectivity index (χ1n) is 5.85. The molecule has 1 saturated heterocycles. The lowest BCUT2D eigenvalue weighted by atomic mass is 10.0. The molecule has 4 nitrogen and oxygen atoms in total. The summed E-state index contributed by atoms with van der Waals surface area (Å²) >= 11 is 0. The molecule has 0 saturated carbocycles. The van der Waals surface area contributed by atoms with Crippen LogP contribution >= 0.6 is 0 Å². The minimum Gasteiger partial charge on any atom is -0.316 e. The number of hydrogen-bond acceptors (Lipinski definition) is 3. The Morgan fingerprint density at radius 1 is 1.25 bits per heavy atom. The molecule has 2 rings (SSSR count). The molecule has 4 heteroatoms. The van der Waals surface area contributed by atoms with E-state index in [1.54, 1.807) is 13.8 Å². The normalized spacial score (nSPS) is 26.1. The van der Waals surface area contributed by atoms with Crippen LogP contribution in [-0.2, 0) is 9.59 Å². The third-order valence-corrected chi connectivity index (χ3v) is 3.62. The Bertz CT molecular complexity index is 330. The highest BCUT2D eigenvalue weighted by atomic mass is 16.2. The molecule has 1 fully saturated rings. The summed E-state index contributed by atoms with van der Waals surface area (Å²) in [5, 5.41) is 3.29. The van der Waals surface area contributed by atoms with Gasteiger partial charge in [0.1, 0.15) is 0 Å². The maximum Gasteiger partial charge on any atom is 0.256 e. The van der Waals surface area contributed by atoms with Crippen molar-refractivity contribution < 1.29 is 9.59 Å². The van der Waals surface area contributed by atoms with Crippen molar-refractivity contribution in [3.63, 3.8) is 0 Å². The molecule has 0 aliphatic carbocycles. The quantitative estimate of drug-likeness (QED) is 0.715. The highest BCUT2D eigenvalue weighted by Gasteiger charge is 2.33. The molecule has 0 bridgehead atoms. The highest BCUT2D eigenvalue weighted by molar-refractivity contribution is 6.18. The second-order valence-corrected chi connectivity index (χ2v) is 4.66. The Morgan fingerprint density at radius 2 is 1.88 bits per heavy atom. The van der Waals surface area contributed by atoms with Gasteiger partial charge in [-0.3, -0.25) is 14.5 Å². The first-order valence-corrected chi connectivity index (χ1v) is 5.85. The van der Waals surface area contributed by atoms with Gasteiger partial charge in [0.2, 0.25) is 0 Å². The molecule has 2 heterocycles. The average molecular weight is 222 g/mol. The first kappa shape index (κ1) is 11.3. The van der Waals surface area contributed by atoms with Gasteiger partial charge in [0, 0.05) is 17.7 Å². The third-order valence-electron chi connectivity index (χ3n) is 3.62. The van der Waals surface area contributed by atoms with Crippen LogP contribution in [0.5, 0.6) is 0 Å². The van der Waals surface area contributed by atoms with Crippen molar-refractivity contribution in [2.24, 2.45) is 5.92 Å². The summed E-state index contributed by atoms with van der Waals surface area (Å²) < 4.78 is 0. The Hall–Kier alpha value is -1.16. The number of carbonyl (C=O) groups excluding carboxylic acids is 2. The maximum atomic E-state index is 11.8. The Balaban J connectivity index is 1.92. The standard InChI is InChI=1S/C12H18N2O2/c1-8-9(2)12(16)14(11(8)15)6-4-10-3-5-13-7-10/h10,13H,3-7H2,1-2H3. The molecule has 0 aromatic carbocycles. The minimum atomic E-state index is -0.103. The largest absolute Gasteiger partial charge is 0.316 e.